The summed E-state index contributed by atoms with van der Waals surface area (Å²) in [4.78, 5) is 16.6. The van der Waals surface area contributed by atoms with Gasteiger partial charge in [0, 0.05) is 44.5 Å². The van der Waals surface area contributed by atoms with Crippen molar-refractivity contribution in [1.82, 2.24) is 10.2 Å². The van der Waals surface area contributed by atoms with Gasteiger partial charge in [0.05, 0.1) is 11.6 Å². The van der Waals surface area contributed by atoms with E-state index in [1.165, 1.54) is 0 Å². The van der Waals surface area contributed by atoms with E-state index in [4.69, 9.17) is 5.26 Å². The van der Waals surface area contributed by atoms with Gasteiger partial charge in [0.15, 0.2) is 0 Å². The molecule has 3 rings (SSSR count). The molecule has 6 heteroatoms. The van der Waals surface area contributed by atoms with Crippen molar-refractivity contribution in [2.45, 2.75) is 31.7 Å². The minimum atomic E-state index is 0.00923. The van der Waals surface area contributed by atoms with Crippen LogP contribution >= 0.6 is 0 Å². The van der Waals surface area contributed by atoms with Gasteiger partial charge < -0.3 is 20.2 Å². The molecule has 2 fully saturated rings. The van der Waals surface area contributed by atoms with Gasteiger partial charge >= 0.3 is 6.03 Å². The lowest BCUT2D eigenvalue weighted by molar-refractivity contribution is 0.127. The Kier molecular flexibility index (Phi) is 5.77. The van der Waals surface area contributed by atoms with Crippen molar-refractivity contribution in [3.05, 3.63) is 29.8 Å². The molecule has 0 spiro atoms. The Morgan fingerprint density at radius 1 is 1.20 bits per heavy atom. The summed E-state index contributed by atoms with van der Waals surface area (Å²) in [6.45, 7) is 3.40. The van der Waals surface area contributed by atoms with E-state index in [1.807, 2.05) is 29.2 Å². The lowest BCUT2D eigenvalue weighted by atomic mass is 9.99. The zero-order valence-electron chi connectivity index (χ0n) is 14.5. The summed E-state index contributed by atoms with van der Waals surface area (Å²) in [5, 5.41) is 21.3. The number of nitriles is 1. The standard InChI is InChI=1S/C19H26N4O2/c20-12-15-3-5-18(6-4-15)22-10-7-17(8-11-22)21-19(25)23-9-1-2-16(13-23)14-24/h3-6,16-17,24H,1-2,7-11,13-14H2,(H,21,25). The average molecular weight is 342 g/mol. The van der Waals surface area contributed by atoms with Crippen molar-refractivity contribution in [1.29, 1.82) is 5.26 Å². The van der Waals surface area contributed by atoms with Gasteiger partial charge in [0.1, 0.15) is 0 Å². The maximum absolute atomic E-state index is 12.4. The van der Waals surface area contributed by atoms with Crippen molar-refractivity contribution in [2.75, 3.05) is 37.7 Å². The first kappa shape index (κ1) is 17.6. The van der Waals surface area contributed by atoms with Crippen molar-refractivity contribution in [2.24, 2.45) is 5.92 Å². The number of likely N-dealkylation sites (tertiary alicyclic amines) is 1. The first-order valence-corrected chi connectivity index (χ1v) is 9.11. The molecule has 1 aromatic rings. The fraction of sp³-hybridized carbons (Fsp3) is 0.579. The van der Waals surface area contributed by atoms with Crippen LogP contribution in [0.4, 0.5) is 10.5 Å². The van der Waals surface area contributed by atoms with E-state index in [1.54, 1.807) is 0 Å². The van der Waals surface area contributed by atoms with Crippen molar-refractivity contribution < 1.29 is 9.90 Å². The molecule has 25 heavy (non-hydrogen) atoms. The molecule has 134 valence electrons. The Labute approximate surface area is 149 Å². The number of piperidine rings is 2. The quantitative estimate of drug-likeness (QED) is 0.880. The summed E-state index contributed by atoms with van der Waals surface area (Å²) in [5.41, 5.74) is 1.80. The number of hydrogen-bond acceptors (Lipinski definition) is 4. The van der Waals surface area contributed by atoms with Crippen LogP contribution in [0.5, 0.6) is 0 Å². The lowest BCUT2D eigenvalue weighted by Crippen LogP contribution is -2.51. The summed E-state index contributed by atoms with van der Waals surface area (Å²) < 4.78 is 0. The van der Waals surface area contributed by atoms with Crippen LogP contribution in [-0.4, -0.2) is 54.9 Å². The highest BCUT2D eigenvalue weighted by molar-refractivity contribution is 5.74. The number of carbonyl (C=O) groups excluding carboxylic acids is 1. The predicted octanol–water partition coefficient (Wildman–Crippen LogP) is 1.94. The Hall–Kier alpha value is -2.26. The minimum absolute atomic E-state index is 0.00923. The molecule has 0 radical (unpaired) electrons. The molecule has 1 aromatic carbocycles. The number of amides is 2. The van der Waals surface area contributed by atoms with Gasteiger partial charge in [-0.2, -0.15) is 5.26 Å². The van der Waals surface area contributed by atoms with Gasteiger partial charge in [-0.25, -0.2) is 4.79 Å². The van der Waals surface area contributed by atoms with E-state index < -0.39 is 0 Å². The van der Waals surface area contributed by atoms with Crippen molar-refractivity contribution in [3.8, 4) is 6.07 Å². The predicted molar refractivity (Wildman–Crippen MR) is 96.3 cm³/mol. The molecular weight excluding hydrogens is 316 g/mol. The highest BCUT2D eigenvalue weighted by atomic mass is 16.3. The summed E-state index contributed by atoms with van der Waals surface area (Å²) >= 11 is 0. The maximum atomic E-state index is 12.4. The van der Waals surface area contributed by atoms with E-state index in [0.29, 0.717) is 12.1 Å². The lowest BCUT2D eigenvalue weighted by Gasteiger charge is -2.36. The zero-order valence-corrected chi connectivity index (χ0v) is 14.5. The number of aliphatic hydroxyl groups is 1. The minimum Gasteiger partial charge on any atom is -0.396 e. The molecule has 0 saturated carbocycles. The van der Waals surface area contributed by atoms with Gasteiger partial charge in [-0.15, -0.1) is 0 Å². The van der Waals surface area contributed by atoms with Crippen LogP contribution in [0.3, 0.4) is 0 Å². The van der Waals surface area contributed by atoms with Gasteiger partial charge in [-0.05, 0) is 55.9 Å². The van der Waals surface area contributed by atoms with E-state index in [9.17, 15) is 9.90 Å². The number of aliphatic hydroxyl groups excluding tert-OH is 1. The molecule has 0 bridgehead atoms. The maximum Gasteiger partial charge on any atom is 0.317 e. The second-order valence-corrected chi connectivity index (χ2v) is 7.01. The third kappa shape index (κ3) is 4.43. The molecule has 2 saturated heterocycles. The number of carbonyl (C=O) groups is 1. The second kappa shape index (κ2) is 8.21. The normalized spacial score (nSPS) is 21.7. The molecule has 2 aliphatic rings. The van der Waals surface area contributed by atoms with Crippen LogP contribution in [-0.2, 0) is 0 Å². The molecule has 2 heterocycles. The molecule has 0 aromatic heterocycles. The molecule has 0 aliphatic carbocycles. The first-order chi connectivity index (χ1) is 12.2. The number of benzene rings is 1. The second-order valence-electron chi connectivity index (χ2n) is 7.01. The van der Waals surface area contributed by atoms with Gasteiger partial charge in [0.2, 0.25) is 0 Å². The largest absolute Gasteiger partial charge is 0.396 e. The monoisotopic (exact) mass is 342 g/mol. The summed E-state index contributed by atoms with van der Waals surface area (Å²) in [6.07, 6.45) is 3.81. The summed E-state index contributed by atoms with van der Waals surface area (Å²) in [6, 6.07) is 10.0. The third-order valence-electron chi connectivity index (χ3n) is 5.25. The Morgan fingerprint density at radius 2 is 1.92 bits per heavy atom. The van der Waals surface area contributed by atoms with Crippen LogP contribution in [0.1, 0.15) is 31.2 Å². The smallest absolute Gasteiger partial charge is 0.317 e. The number of nitrogens with one attached hydrogen (secondary N) is 1. The molecule has 1 unspecified atom stereocenters. The molecule has 2 N–H and O–H groups in total. The van der Waals surface area contributed by atoms with E-state index in [-0.39, 0.29) is 24.6 Å². The molecular formula is C19H26N4O2. The van der Waals surface area contributed by atoms with Gasteiger partial charge in [-0.1, -0.05) is 0 Å². The van der Waals surface area contributed by atoms with Gasteiger partial charge in [-0.3, -0.25) is 0 Å². The Morgan fingerprint density at radius 3 is 2.56 bits per heavy atom. The van der Waals surface area contributed by atoms with Crippen molar-refractivity contribution in [3.63, 3.8) is 0 Å². The third-order valence-corrected chi connectivity index (χ3v) is 5.25. The number of hydrogen-bond donors (Lipinski definition) is 2. The summed E-state index contributed by atoms with van der Waals surface area (Å²) in [5.74, 6) is 0.220. The van der Waals surface area contributed by atoms with E-state index in [2.05, 4.69) is 16.3 Å². The van der Waals surface area contributed by atoms with Crippen LogP contribution in [0, 0.1) is 17.2 Å². The van der Waals surface area contributed by atoms with E-state index >= 15 is 0 Å². The first-order valence-electron chi connectivity index (χ1n) is 9.11. The number of nitrogens with zero attached hydrogens (tertiary/aromatic N) is 3. The number of rotatable bonds is 3. The summed E-state index contributed by atoms with van der Waals surface area (Å²) in [7, 11) is 0. The van der Waals surface area contributed by atoms with Crippen LogP contribution in [0.2, 0.25) is 0 Å². The van der Waals surface area contributed by atoms with Crippen LogP contribution in [0.25, 0.3) is 0 Å². The van der Waals surface area contributed by atoms with Crippen LogP contribution < -0.4 is 10.2 Å². The van der Waals surface area contributed by atoms with Gasteiger partial charge in [0.25, 0.3) is 0 Å². The van der Waals surface area contributed by atoms with Crippen LogP contribution in [0.15, 0.2) is 24.3 Å². The molecule has 2 aliphatic heterocycles. The highest BCUT2D eigenvalue weighted by Gasteiger charge is 2.26. The SMILES string of the molecule is N#Cc1ccc(N2CCC(NC(=O)N3CCCC(CO)C3)CC2)cc1. The topological polar surface area (TPSA) is 79.6 Å². The Balaban J connectivity index is 1.47. The average Bonchev–Trinajstić information content (AvgIpc) is 2.68. The number of anilines is 1. The number of urea groups is 1. The molecule has 6 nitrogen and oxygen atoms in total. The zero-order chi connectivity index (χ0) is 17.6. The molecule has 1 atom stereocenters. The fourth-order valence-electron chi connectivity index (χ4n) is 3.69. The highest BCUT2D eigenvalue weighted by Crippen LogP contribution is 2.21. The fourth-order valence-corrected chi connectivity index (χ4v) is 3.69. The van der Waals surface area contributed by atoms with Crippen molar-refractivity contribution >= 4 is 11.7 Å². The Bertz CT molecular complexity index is 617. The van der Waals surface area contributed by atoms with E-state index in [0.717, 1.165) is 51.0 Å². The molecule has 2 amide bonds.